The summed E-state index contributed by atoms with van der Waals surface area (Å²) in [5.41, 5.74) is 2.76. The molecule has 6 rings (SSSR count). The maximum atomic E-state index is 13.6. The van der Waals surface area contributed by atoms with E-state index in [0.717, 1.165) is 25.3 Å². The maximum absolute atomic E-state index is 13.6. The molecule has 0 spiro atoms. The molecule has 4 heterocycles. The van der Waals surface area contributed by atoms with Crippen molar-refractivity contribution in [3.05, 3.63) is 76.5 Å². The van der Waals surface area contributed by atoms with Crippen molar-refractivity contribution in [3.63, 3.8) is 0 Å². The number of carbonyl (C=O) groups excluding carboxylic acids is 1. The van der Waals surface area contributed by atoms with Crippen molar-refractivity contribution in [1.82, 2.24) is 25.1 Å². The summed E-state index contributed by atoms with van der Waals surface area (Å²) in [6.07, 6.45) is 3.36. The zero-order valence-corrected chi connectivity index (χ0v) is 23.0. The summed E-state index contributed by atoms with van der Waals surface area (Å²) in [4.78, 5) is 28.6. The van der Waals surface area contributed by atoms with E-state index in [1.807, 2.05) is 36.3 Å². The van der Waals surface area contributed by atoms with Crippen LogP contribution < -0.4 is 25.3 Å². The zero-order valence-electron chi connectivity index (χ0n) is 21.5. The second-order valence-corrected chi connectivity index (χ2v) is 10.4. The first-order chi connectivity index (χ1) is 18.9. The molecule has 10 nitrogen and oxygen atoms in total. The molecule has 1 atom stereocenters. The predicted molar refractivity (Wildman–Crippen MR) is 155 cm³/mol. The molecule has 2 N–H and O–H groups in total. The number of fused-ring (bicyclic) bond motifs is 1. The Kier molecular flexibility index (Phi) is 6.76. The molecular weight excluding hydrogens is 537 g/mol. The smallest absolute Gasteiger partial charge is 0.265 e. The topological polar surface area (TPSA) is 94.4 Å². The normalized spacial score (nSPS) is 17.4. The summed E-state index contributed by atoms with van der Waals surface area (Å²) in [6, 6.07) is 15.7. The van der Waals surface area contributed by atoms with E-state index in [1.165, 1.54) is 16.8 Å². The average molecular weight is 564 g/mol. The lowest BCUT2D eigenvalue weighted by molar-refractivity contribution is 0.0982. The quantitative estimate of drug-likeness (QED) is 0.357. The number of amides is 1. The molecule has 1 amide bonds. The van der Waals surface area contributed by atoms with Crippen LogP contribution in [0, 0.1) is 0 Å². The Morgan fingerprint density at radius 1 is 1.05 bits per heavy atom. The van der Waals surface area contributed by atoms with Gasteiger partial charge in [0.1, 0.15) is 12.2 Å². The third-order valence-electron chi connectivity index (χ3n) is 6.82. The largest absolute Gasteiger partial charge is 0.369 e. The van der Waals surface area contributed by atoms with Crippen LogP contribution in [0.4, 0.5) is 34.6 Å². The van der Waals surface area contributed by atoms with Crippen molar-refractivity contribution in [2.24, 2.45) is 7.05 Å². The summed E-state index contributed by atoms with van der Waals surface area (Å²) >= 11 is 12.9. The molecule has 39 heavy (non-hydrogen) atoms. The van der Waals surface area contributed by atoms with E-state index in [4.69, 9.17) is 28.2 Å². The van der Waals surface area contributed by atoms with Gasteiger partial charge in [-0.05, 0) is 43.3 Å². The Morgan fingerprint density at radius 3 is 2.51 bits per heavy atom. The van der Waals surface area contributed by atoms with E-state index in [1.54, 1.807) is 22.9 Å². The minimum Gasteiger partial charge on any atom is -0.369 e. The van der Waals surface area contributed by atoms with E-state index in [0.29, 0.717) is 44.9 Å². The summed E-state index contributed by atoms with van der Waals surface area (Å²) in [6.45, 7) is 5.22. The molecule has 0 radical (unpaired) electrons. The van der Waals surface area contributed by atoms with Gasteiger partial charge in [-0.1, -0.05) is 29.3 Å². The summed E-state index contributed by atoms with van der Waals surface area (Å²) in [7, 11) is 1.83. The molecule has 0 saturated carbocycles. The van der Waals surface area contributed by atoms with Crippen molar-refractivity contribution in [1.29, 1.82) is 0 Å². The minimum atomic E-state index is -0.298. The Morgan fingerprint density at radius 2 is 1.82 bits per heavy atom. The number of hydrogen-bond donors (Lipinski definition) is 2. The van der Waals surface area contributed by atoms with E-state index in [9.17, 15) is 4.79 Å². The van der Waals surface area contributed by atoms with Crippen LogP contribution in [0.5, 0.6) is 0 Å². The van der Waals surface area contributed by atoms with E-state index in [-0.39, 0.29) is 12.6 Å². The van der Waals surface area contributed by atoms with Gasteiger partial charge in [-0.25, -0.2) is 4.98 Å². The number of halogens is 2. The molecule has 1 fully saturated rings. The number of piperazine rings is 1. The van der Waals surface area contributed by atoms with Crippen molar-refractivity contribution in [3.8, 4) is 0 Å². The predicted octanol–water partition coefficient (Wildman–Crippen LogP) is 4.81. The third-order valence-corrected chi connectivity index (χ3v) is 7.43. The maximum Gasteiger partial charge on any atom is 0.265 e. The fraction of sp³-hybridized carbons (Fsp3) is 0.259. The second-order valence-electron chi connectivity index (χ2n) is 9.62. The molecule has 2 aromatic heterocycles. The Labute approximate surface area is 236 Å². The number of para-hydroxylation sites is 1. The zero-order chi connectivity index (χ0) is 27.1. The molecule has 1 saturated heterocycles. The second kappa shape index (κ2) is 10.4. The molecular formula is C27H27Cl2N9O. The first-order valence-electron chi connectivity index (χ1n) is 12.6. The van der Waals surface area contributed by atoms with Crippen LogP contribution in [0.1, 0.15) is 17.3 Å². The number of aromatic nitrogens is 4. The van der Waals surface area contributed by atoms with Gasteiger partial charge in [-0.2, -0.15) is 10.1 Å². The lowest BCUT2D eigenvalue weighted by Gasteiger charge is -2.36. The monoisotopic (exact) mass is 563 g/mol. The van der Waals surface area contributed by atoms with Gasteiger partial charge in [-0.15, -0.1) is 0 Å². The van der Waals surface area contributed by atoms with Gasteiger partial charge in [-0.3, -0.25) is 19.3 Å². The van der Waals surface area contributed by atoms with Gasteiger partial charge in [0.15, 0.2) is 11.6 Å². The number of nitrogens with one attached hydrogen (secondary N) is 2. The first kappa shape index (κ1) is 25.4. The average Bonchev–Trinajstić information content (AvgIpc) is 3.36. The van der Waals surface area contributed by atoms with Crippen LogP contribution in [0.25, 0.3) is 0 Å². The number of aryl methyl sites for hydroxylation is 1. The molecule has 0 bridgehead atoms. The van der Waals surface area contributed by atoms with Gasteiger partial charge < -0.3 is 15.5 Å². The molecule has 2 aliphatic rings. The Hall–Kier alpha value is -3.86. The molecule has 1 unspecified atom stereocenters. The van der Waals surface area contributed by atoms with Gasteiger partial charge >= 0.3 is 0 Å². The first-order valence-corrected chi connectivity index (χ1v) is 13.4. The lowest BCUT2D eigenvalue weighted by atomic mass is 10.1. The van der Waals surface area contributed by atoms with Crippen LogP contribution in [0.15, 0.2) is 60.9 Å². The highest BCUT2D eigenvalue weighted by molar-refractivity contribution is 6.40. The number of carbonyl (C=O) groups is 1. The minimum absolute atomic E-state index is 0.126. The molecule has 4 aromatic rings. The molecule has 200 valence electrons. The van der Waals surface area contributed by atoms with Crippen LogP contribution >= 0.6 is 23.2 Å². The Bertz CT molecular complexity index is 1500. The molecule has 0 aliphatic carbocycles. The van der Waals surface area contributed by atoms with Crippen LogP contribution in [-0.2, 0) is 7.05 Å². The van der Waals surface area contributed by atoms with Gasteiger partial charge in [0.05, 0.1) is 15.7 Å². The van der Waals surface area contributed by atoms with E-state index < -0.39 is 0 Å². The number of anilines is 6. The summed E-state index contributed by atoms with van der Waals surface area (Å²) in [5, 5.41) is 12.0. The summed E-state index contributed by atoms with van der Waals surface area (Å²) in [5.74, 6) is 1.14. The fourth-order valence-electron chi connectivity index (χ4n) is 4.91. The molecule has 2 aromatic carbocycles. The van der Waals surface area contributed by atoms with Crippen molar-refractivity contribution >= 4 is 63.8 Å². The van der Waals surface area contributed by atoms with Crippen LogP contribution in [0.2, 0.25) is 10.0 Å². The van der Waals surface area contributed by atoms with Crippen LogP contribution in [0.3, 0.4) is 0 Å². The van der Waals surface area contributed by atoms with Gasteiger partial charge in [0.2, 0.25) is 5.95 Å². The summed E-state index contributed by atoms with van der Waals surface area (Å²) < 4.78 is 1.69. The highest BCUT2D eigenvalue weighted by Crippen LogP contribution is 2.39. The van der Waals surface area contributed by atoms with Gasteiger partial charge in [0.25, 0.3) is 5.91 Å². The number of hydrogen-bond acceptors (Lipinski definition) is 8. The Balaban J connectivity index is 1.32. The number of nitrogens with zero attached hydrogens (tertiary/aromatic N) is 7. The number of benzene rings is 2. The highest BCUT2D eigenvalue weighted by atomic mass is 35.5. The SMILES string of the molecule is CC1CN(c2ccc(Nc3ncc4c(n3)N(c3ccn(C)n3)CN(c3c(Cl)cccc3Cl)C4=O)cc2)CCN1. The molecule has 2 aliphatic heterocycles. The highest BCUT2D eigenvalue weighted by Gasteiger charge is 2.35. The van der Waals surface area contributed by atoms with Gasteiger partial charge in [0, 0.05) is 62.6 Å². The van der Waals surface area contributed by atoms with Crippen molar-refractivity contribution in [2.45, 2.75) is 13.0 Å². The third kappa shape index (κ3) is 4.98. The van der Waals surface area contributed by atoms with E-state index in [2.05, 4.69) is 44.7 Å². The fourth-order valence-corrected chi connectivity index (χ4v) is 5.51. The van der Waals surface area contributed by atoms with Crippen LogP contribution in [-0.4, -0.2) is 58.0 Å². The lowest BCUT2D eigenvalue weighted by Crippen LogP contribution is -2.49. The van der Waals surface area contributed by atoms with Crippen molar-refractivity contribution < 1.29 is 4.79 Å². The van der Waals surface area contributed by atoms with Crippen molar-refractivity contribution in [2.75, 3.05) is 46.3 Å². The standard InChI is InChI=1S/C27H27Cl2N9O/c1-17-15-36(13-11-30-17)19-8-6-18(7-9-19)32-27-31-14-20-25(33-27)37(23-10-12-35(2)34-23)16-38(26(20)39)24-21(28)4-3-5-22(24)29/h3-10,12,14,17,30H,11,13,15-16H2,1-2H3,(H,31,32,33). The van der Waals surface area contributed by atoms with E-state index >= 15 is 0 Å². The molecule has 12 heteroatoms. The number of rotatable bonds is 5.